The Morgan fingerprint density at radius 3 is 2.93 bits per heavy atom. The molecule has 146 valence electrons. The summed E-state index contributed by atoms with van der Waals surface area (Å²) in [4.78, 5) is 26.4. The van der Waals surface area contributed by atoms with E-state index in [0.717, 1.165) is 11.1 Å². The minimum Gasteiger partial charge on any atom is -0.491 e. The number of Topliss-reactive ketones (excluding diaryl/α,β-unsaturated/α-hetero) is 1. The summed E-state index contributed by atoms with van der Waals surface area (Å²) in [5.74, 6) is 0.699. The van der Waals surface area contributed by atoms with Gasteiger partial charge in [-0.3, -0.25) is 9.59 Å². The molecule has 0 bridgehead atoms. The zero-order chi connectivity index (χ0) is 19.7. The largest absolute Gasteiger partial charge is 0.491 e. The first kappa shape index (κ1) is 19.2. The number of ether oxygens (including phenoxy) is 2. The van der Waals surface area contributed by atoms with E-state index >= 15 is 0 Å². The fourth-order valence-corrected chi connectivity index (χ4v) is 3.98. The van der Waals surface area contributed by atoms with Gasteiger partial charge < -0.3 is 14.4 Å². The molecule has 5 nitrogen and oxygen atoms in total. The Balaban J connectivity index is 1.42. The van der Waals surface area contributed by atoms with Crippen molar-refractivity contribution in [2.45, 2.75) is 18.9 Å². The van der Waals surface area contributed by atoms with E-state index in [2.05, 4.69) is 0 Å². The van der Waals surface area contributed by atoms with Crippen molar-refractivity contribution in [2.75, 3.05) is 26.3 Å². The Kier molecular flexibility index (Phi) is 5.58. The Labute approximate surface area is 173 Å². The molecule has 0 radical (unpaired) electrons. The van der Waals surface area contributed by atoms with Crippen molar-refractivity contribution in [1.29, 1.82) is 0 Å². The number of nitrogens with zero attached hydrogens (tertiary/aromatic N) is 1. The quantitative estimate of drug-likeness (QED) is 0.749. The maximum Gasteiger partial charge on any atom is 0.255 e. The number of morpholine rings is 1. The summed E-state index contributed by atoms with van der Waals surface area (Å²) < 4.78 is 11.7. The summed E-state index contributed by atoms with van der Waals surface area (Å²) in [6.07, 6.45) is 0.968. The lowest BCUT2D eigenvalue weighted by atomic mass is 10.1. The molecule has 28 heavy (non-hydrogen) atoms. The van der Waals surface area contributed by atoms with Gasteiger partial charge in [0.2, 0.25) is 0 Å². The molecule has 1 saturated heterocycles. The third-order valence-electron chi connectivity index (χ3n) is 5.05. The normalized spacial score (nSPS) is 18.9. The molecular weight excluding hydrogens is 401 g/mol. The van der Waals surface area contributed by atoms with Gasteiger partial charge in [0.25, 0.3) is 5.91 Å². The minimum atomic E-state index is -0.261. The van der Waals surface area contributed by atoms with E-state index in [0.29, 0.717) is 60.5 Å². The molecule has 7 heteroatoms. The Bertz CT molecular complexity index is 931. The first-order chi connectivity index (χ1) is 13.5. The Hall–Kier alpha value is -2.08. The van der Waals surface area contributed by atoms with Crippen LogP contribution >= 0.6 is 23.2 Å². The van der Waals surface area contributed by atoms with Crippen LogP contribution < -0.4 is 4.74 Å². The number of hydrogen-bond donors (Lipinski definition) is 0. The van der Waals surface area contributed by atoms with E-state index < -0.39 is 0 Å². The second-order valence-electron chi connectivity index (χ2n) is 6.88. The van der Waals surface area contributed by atoms with E-state index in [1.165, 1.54) is 0 Å². The van der Waals surface area contributed by atoms with Crippen molar-refractivity contribution < 1.29 is 19.1 Å². The summed E-state index contributed by atoms with van der Waals surface area (Å²) in [5.41, 5.74) is 2.09. The van der Waals surface area contributed by atoms with Crippen molar-refractivity contribution in [2.24, 2.45) is 0 Å². The summed E-state index contributed by atoms with van der Waals surface area (Å²) in [6, 6.07) is 10.4. The molecule has 0 saturated carbocycles. The van der Waals surface area contributed by atoms with Crippen molar-refractivity contribution in [3.05, 3.63) is 63.1 Å². The Morgan fingerprint density at radius 2 is 2.07 bits per heavy atom. The molecule has 1 amide bonds. The van der Waals surface area contributed by atoms with Gasteiger partial charge in [-0.15, -0.1) is 0 Å². The zero-order valence-electron chi connectivity index (χ0n) is 15.1. The van der Waals surface area contributed by atoms with Gasteiger partial charge in [0.1, 0.15) is 18.5 Å². The number of halogens is 2. The molecule has 2 aliphatic rings. The molecule has 0 N–H and O–H groups in total. The molecule has 0 aromatic heterocycles. The number of fused-ring (bicyclic) bond motifs is 1. The highest BCUT2D eigenvalue weighted by molar-refractivity contribution is 6.35. The summed E-state index contributed by atoms with van der Waals surface area (Å²) in [6.45, 7) is 1.60. The van der Waals surface area contributed by atoms with E-state index in [-0.39, 0.29) is 17.8 Å². The van der Waals surface area contributed by atoms with Crippen molar-refractivity contribution in [3.8, 4) is 5.75 Å². The lowest BCUT2D eigenvalue weighted by Gasteiger charge is -2.33. The van der Waals surface area contributed by atoms with Crippen LogP contribution in [0, 0.1) is 0 Å². The molecule has 2 aromatic carbocycles. The smallest absolute Gasteiger partial charge is 0.255 e. The average molecular weight is 420 g/mol. The van der Waals surface area contributed by atoms with Crippen LogP contribution in [0.3, 0.4) is 0 Å². The van der Waals surface area contributed by atoms with E-state index in [1.807, 2.05) is 18.2 Å². The van der Waals surface area contributed by atoms with Crippen LogP contribution in [-0.4, -0.2) is 49.0 Å². The van der Waals surface area contributed by atoms with Crippen LogP contribution in [0.2, 0.25) is 10.0 Å². The van der Waals surface area contributed by atoms with Crippen molar-refractivity contribution >= 4 is 34.9 Å². The fourth-order valence-electron chi connectivity index (χ4n) is 3.61. The number of carbonyl (C=O) groups is 2. The minimum absolute atomic E-state index is 0.157. The molecule has 1 fully saturated rings. The maximum atomic E-state index is 12.8. The van der Waals surface area contributed by atoms with Gasteiger partial charge in [-0.1, -0.05) is 35.3 Å². The molecule has 4 rings (SSSR count). The molecule has 0 spiro atoms. The van der Waals surface area contributed by atoms with Gasteiger partial charge in [0, 0.05) is 29.1 Å². The third kappa shape index (κ3) is 3.88. The monoisotopic (exact) mass is 419 g/mol. The molecule has 1 aliphatic carbocycles. The standard InChI is InChI=1S/C21H19Cl2NO4/c22-13-4-6-18(23)17(10-13)21(26)24-8-9-27-14(11-24)12-28-20-3-1-2-15-16(20)5-7-19(15)25/h1-4,6,10,14H,5,7-9,11-12H2. The van der Waals surface area contributed by atoms with Crippen molar-refractivity contribution in [3.63, 3.8) is 0 Å². The highest BCUT2D eigenvalue weighted by Crippen LogP contribution is 2.31. The topological polar surface area (TPSA) is 55.8 Å². The number of benzene rings is 2. The summed E-state index contributed by atoms with van der Waals surface area (Å²) in [7, 11) is 0. The maximum absolute atomic E-state index is 12.8. The predicted octanol–water partition coefficient (Wildman–Crippen LogP) is 4.04. The van der Waals surface area contributed by atoms with Gasteiger partial charge in [0.05, 0.1) is 23.7 Å². The third-order valence-corrected chi connectivity index (χ3v) is 5.61. The number of carbonyl (C=O) groups excluding carboxylic acids is 2. The molecule has 1 aliphatic heterocycles. The van der Waals surface area contributed by atoms with E-state index in [9.17, 15) is 9.59 Å². The fraction of sp³-hybridized carbons (Fsp3) is 0.333. The van der Waals surface area contributed by atoms with E-state index in [4.69, 9.17) is 32.7 Å². The lowest BCUT2D eigenvalue weighted by molar-refractivity contribution is -0.0402. The average Bonchev–Trinajstić information content (AvgIpc) is 3.09. The van der Waals surface area contributed by atoms with Gasteiger partial charge >= 0.3 is 0 Å². The van der Waals surface area contributed by atoms with E-state index in [1.54, 1.807) is 23.1 Å². The molecule has 2 aromatic rings. The first-order valence-electron chi connectivity index (χ1n) is 9.17. The van der Waals surface area contributed by atoms with Gasteiger partial charge in [-0.2, -0.15) is 0 Å². The van der Waals surface area contributed by atoms with Crippen LogP contribution in [0.15, 0.2) is 36.4 Å². The van der Waals surface area contributed by atoms with Crippen molar-refractivity contribution in [1.82, 2.24) is 4.90 Å². The van der Waals surface area contributed by atoms with Crippen LogP contribution in [0.1, 0.15) is 32.7 Å². The molecule has 1 unspecified atom stereocenters. The molecular formula is C21H19Cl2NO4. The number of rotatable bonds is 4. The highest BCUT2D eigenvalue weighted by Gasteiger charge is 2.28. The van der Waals surface area contributed by atoms with Crippen LogP contribution in [0.4, 0.5) is 0 Å². The Morgan fingerprint density at radius 1 is 1.21 bits per heavy atom. The predicted molar refractivity (Wildman–Crippen MR) is 107 cm³/mol. The zero-order valence-corrected chi connectivity index (χ0v) is 16.6. The summed E-state index contributed by atoms with van der Waals surface area (Å²) in [5, 5.41) is 0.839. The number of amides is 1. The summed E-state index contributed by atoms with van der Waals surface area (Å²) >= 11 is 12.2. The van der Waals surface area contributed by atoms with Gasteiger partial charge in [-0.05, 0) is 30.7 Å². The van der Waals surface area contributed by atoms with Gasteiger partial charge in [-0.25, -0.2) is 0 Å². The number of ketones is 1. The van der Waals surface area contributed by atoms with Crippen LogP contribution in [-0.2, 0) is 11.2 Å². The number of hydrogen-bond acceptors (Lipinski definition) is 4. The first-order valence-corrected chi connectivity index (χ1v) is 9.92. The SMILES string of the molecule is O=C1CCc2c(OCC3CN(C(=O)c4cc(Cl)ccc4Cl)CCO3)cccc21. The van der Waals surface area contributed by atoms with Crippen LogP contribution in [0.25, 0.3) is 0 Å². The molecule has 1 atom stereocenters. The van der Waals surface area contributed by atoms with Gasteiger partial charge in [0.15, 0.2) is 5.78 Å². The lowest BCUT2D eigenvalue weighted by Crippen LogP contribution is -2.47. The second kappa shape index (κ2) is 8.11. The molecule has 1 heterocycles. The highest BCUT2D eigenvalue weighted by atomic mass is 35.5. The second-order valence-corrected chi connectivity index (χ2v) is 7.73. The van der Waals surface area contributed by atoms with Crippen LogP contribution in [0.5, 0.6) is 5.75 Å².